The zero-order valence-electron chi connectivity index (χ0n) is 15.3. The van der Waals surface area contributed by atoms with Crippen LogP contribution >= 0.6 is 0 Å². The van der Waals surface area contributed by atoms with Gasteiger partial charge in [0.2, 0.25) is 6.79 Å². The van der Waals surface area contributed by atoms with Gasteiger partial charge in [-0.2, -0.15) is 5.48 Å². The fourth-order valence-corrected chi connectivity index (χ4v) is 3.60. The van der Waals surface area contributed by atoms with Crippen molar-refractivity contribution in [2.75, 3.05) is 37.9 Å². The maximum atomic E-state index is 11.6. The van der Waals surface area contributed by atoms with Crippen LogP contribution < -0.4 is 25.3 Å². The molecule has 2 aromatic rings. The molecule has 148 valence electrons. The van der Waals surface area contributed by atoms with Crippen molar-refractivity contribution in [3.63, 3.8) is 0 Å². The van der Waals surface area contributed by atoms with Crippen LogP contribution in [0.5, 0.6) is 11.5 Å². The number of nitrogens with two attached hydrogens (primary N) is 1. The third-order valence-corrected chi connectivity index (χ3v) is 5.09. The van der Waals surface area contributed by atoms with E-state index in [0.717, 1.165) is 55.4 Å². The van der Waals surface area contributed by atoms with Gasteiger partial charge in [-0.25, -0.2) is 10.7 Å². The predicted octanol–water partition coefficient (Wildman–Crippen LogP) is 0.441. The van der Waals surface area contributed by atoms with Crippen molar-refractivity contribution in [1.82, 2.24) is 10.4 Å². The molecule has 2 aromatic carbocycles. The number of hydrogen-bond donors (Lipinski definition) is 4. The first-order valence-electron chi connectivity index (χ1n) is 9.09. The number of carbonyl (C=O) groups is 1. The monoisotopic (exact) mass is 387 g/mol. The van der Waals surface area contributed by atoms with Crippen LogP contribution in [0, 0.1) is 0 Å². The lowest BCUT2D eigenvalue weighted by Crippen LogP contribution is -2.74. The van der Waals surface area contributed by atoms with Crippen LogP contribution in [-0.4, -0.2) is 54.2 Å². The Balaban J connectivity index is 1.39. The molecule has 0 unspecified atom stereocenters. The predicted molar refractivity (Wildman–Crippen MR) is 99.1 cm³/mol. The molecule has 1 amide bonds. The summed E-state index contributed by atoms with van der Waals surface area (Å²) in [5.74, 6) is 0.981. The summed E-state index contributed by atoms with van der Waals surface area (Å²) in [5, 5.41) is 18.3. The van der Waals surface area contributed by atoms with Gasteiger partial charge in [-0.3, -0.25) is 14.9 Å². The SMILES string of the molecule is O=C(NO)c1ccc(N2CCN(Cc3ccc4c(c3)OCO4)CC2)c([NH2+]O)c1. The average Bonchev–Trinajstić information content (AvgIpc) is 3.21. The Hall–Kier alpha value is -2.85. The molecule has 2 aliphatic heterocycles. The van der Waals surface area contributed by atoms with Crippen LogP contribution in [-0.2, 0) is 6.54 Å². The fourth-order valence-electron chi connectivity index (χ4n) is 3.60. The first-order chi connectivity index (χ1) is 13.7. The van der Waals surface area contributed by atoms with Crippen LogP contribution in [0.2, 0.25) is 0 Å². The van der Waals surface area contributed by atoms with Gasteiger partial charge in [0.05, 0.1) is 0 Å². The number of piperazine rings is 1. The third kappa shape index (κ3) is 3.73. The Morgan fingerprint density at radius 1 is 1.07 bits per heavy atom. The highest BCUT2D eigenvalue weighted by Gasteiger charge is 2.23. The number of amides is 1. The van der Waals surface area contributed by atoms with Crippen molar-refractivity contribution < 1.29 is 30.2 Å². The maximum absolute atomic E-state index is 11.6. The van der Waals surface area contributed by atoms with Crippen molar-refractivity contribution in [3.05, 3.63) is 47.5 Å². The molecule has 28 heavy (non-hydrogen) atoms. The molecule has 2 heterocycles. The van der Waals surface area contributed by atoms with E-state index >= 15 is 0 Å². The molecular formula is C19H23N4O5+. The molecule has 9 heteroatoms. The van der Waals surface area contributed by atoms with Gasteiger partial charge in [0.25, 0.3) is 5.91 Å². The lowest BCUT2D eigenvalue weighted by atomic mass is 10.1. The van der Waals surface area contributed by atoms with Crippen LogP contribution in [0.15, 0.2) is 36.4 Å². The summed E-state index contributed by atoms with van der Waals surface area (Å²) >= 11 is 0. The van der Waals surface area contributed by atoms with Gasteiger partial charge >= 0.3 is 0 Å². The summed E-state index contributed by atoms with van der Waals surface area (Å²) in [4.78, 5) is 16.1. The summed E-state index contributed by atoms with van der Waals surface area (Å²) in [6.45, 7) is 4.46. The molecule has 0 spiro atoms. The maximum Gasteiger partial charge on any atom is 0.274 e. The lowest BCUT2D eigenvalue weighted by molar-refractivity contribution is -0.825. The number of fused-ring (bicyclic) bond motifs is 1. The Labute approximate surface area is 162 Å². The van der Waals surface area contributed by atoms with E-state index in [4.69, 9.17) is 14.7 Å². The topological polar surface area (TPSA) is 111 Å². The minimum Gasteiger partial charge on any atom is -0.454 e. The van der Waals surface area contributed by atoms with Crippen molar-refractivity contribution >= 4 is 17.3 Å². The summed E-state index contributed by atoms with van der Waals surface area (Å²) in [6, 6.07) is 11.0. The zero-order valence-corrected chi connectivity index (χ0v) is 15.3. The van der Waals surface area contributed by atoms with Crippen LogP contribution in [0.4, 0.5) is 11.4 Å². The van der Waals surface area contributed by atoms with Gasteiger partial charge in [-0.1, -0.05) is 6.07 Å². The Morgan fingerprint density at radius 2 is 1.86 bits per heavy atom. The molecule has 0 aliphatic carbocycles. The number of nitrogens with zero attached hydrogens (tertiary/aromatic N) is 2. The lowest BCUT2D eigenvalue weighted by Gasteiger charge is -2.36. The van der Waals surface area contributed by atoms with Crippen molar-refractivity contribution in [1.29, 1.82) is 0 Å². The zero-order chi connectivity index (χ0) is 19.5. The van der Waals surface area contributed by atoms with E-state index in [-0.39, 0.29) is 12.4 Å². The molecule has 4 rings (SSSR count). The minimum absolute atomic E-state index is 0.278. The van der Waals surface area contributed by atoms with Crippen molar-refractivity contribution in [3.8, 4) is 11.5 Å². The number of benzene rings is 2. The van der Waals surface area contributed by atoms with Gasteiger partial charge in [-0.15, -0.1) is 0 Å². The number of hydrogen-bond acceptors (Lipinski definition) is 7. The van der Waals surface area contributed by atoms with Gasteiger partial charge < -0.3 is 14.4 Å². The molecule has 1 saturated heterocycles. The molecule has 0 atom stereocenters. The second-order valence-corrected chi connectivity index (χ2v) is 6.79. The summed E-state index contributed by atoms with van der Waals surface area (Å²) < 4.78 is 10.8. The quantitative estimate of drug-likeness (QED) is 0.335. The van der Waals surface area contributed by atoms with E-state index in [0.29, 0.717) is 5.69 Å². The van der Waals surface area contributed by atoms with Crippen LogP contribution in [0.3, 0.4) is 0 Å². The van der Waals surface area contributed by atoms with Crippen LogP contribution in [0.1, 0.15) is 15.9 Å². The molecule has 9 nitrogen and oxygen atoms in total. The number of nitrogens with one attached hydrogen (secondary N) is 1. The number of rotatable bonds is 5. The second-order valence-electron chi connectivity index (χ2n) is 6.79. The summed E-state index contributed by atoms with van der Waals surface area (Å²) in [7, 11) is 0. The number of carbonyl (C=O) groups excluding carboxylic acids is 1. The van der Waals surface area contributed by atoms with Crippen molar-refractivity contribution in [2.45, 2.75) is 6.54 Å². The standard InChI is InChI=1S/C19H22N4O5/c24-19(21-26)14-2-3-16(15(10-14)20-25)23-7-5-22(6-8-23)11-13-1-4-17-18(9-13)28-12-27-17/h1-4,9-10,20,25-26H,5-8,11-12H2,(H,21,24)/p+1. The number of hydroxylamine groups is 1. The molecule has 0 aromatic heterocycles. The first-order valence-corrected chi connectivity index (χ1v) is 9.09. The third-order valence-electron chi connectivity index (χ3n) is 5.09. The summed E-state index contributed by atoms with van der Waals surface area (Å²) in [5.41, 5.74) is 5.47. The molecule has 5 N–H and O–H groups in total. The Kier molecular flexibility index (Phi) is 5.31. The minimum atomic E-state index is -0.608. The first kappa shape index (κ1) is 18.5. The summed E-state index contributed by atoms with van der Waals surface area (Å²) in [6.07, 6.45) is 0. The Bertz CT molecular complexity index is 867. The average molecular weight is 387 g/mol. The molecule has 0 radical (unpaired) electrons. The van der Waals surface area contributed by atoms with E-state index in [1.807, 2.05) is 12.1 Å². The molecule has 1 fully saturated rings. The number of anilines is 1. The fraction of sp³-hybridized carbons (Fsp3) is 0.316. The normalized spacial score (nSPS) is 16.3. The molecular weight excluding hydrogens is 364 g/mol. The van der Waals surface area contributed by atoms with Gasteiger partial charge in [0.15, 0.2) is 17.2 Å². The van der Waals surface area contributed by atoms with E-state index in [9.17, 15) is 10.0 Å². The highest BCUT2D eigenvalue weighted by atomic mass is 16.7. The van der Waals surface area contributed by atoms with Gasteiger partial charge in [0.1, 0.15) is 5.69 Å². The highest BCUT2D eigenvalue weighted by Crippen LogP contribution is 2.33. The smallest absolute Gasteiger partial charge is 0.274 e. The largest absolute Gasteiger partial charge is 0.454 e. The Morgan fingerprint density at radius 3 is 2.61 bits per heavy atom. The van der Waals surface area contributed by atoms with E-state index in [2.05, 4.69) is 15.9 Å². The molecule has 0 saturated carbocycles. The highest BCUT2D eigenvalue weighted by molar-refractivity contribution is 5.94. The van der Waals surface area contributed by atoms with E-state index in [1.165, 1.54) is 5.56 Å². The number of quaternary nitrogens is 1. The molecule has 2 aliphatic rings. The second kappa shape index (κ2) is 8.03. The number of ether oxygens (including phenoxy) is 2. The van der Waals surface area contributed by atoms with Crippen LogP contribution in [0.25, 0.3) is 0 Å². The van der Waals surface area contributed by atoms with Crippen molar-refractivity contribution in [2.24, 2.45) is 0 Å². The molecule has 0 bridgehead atoms. The van der Waals surface area contributed by atoms with E-state index in [1.54, 1.807) is 23.7 Å². The van der Waals surface area contributed by atoms with Gasteiger partial charge in [0, 0.05) is 44.4 Å². The van der Waals surface area contributed by atoms with E-state index < -0.39 is 5.91 Å². The van der Waals surface area contributed by atoms with Gasteiger partial charge in [-0.05, 0) is 29.8 Å².